The first-order chi connectivity index (χ1) is 14.6. The second kappa shape index (κ2) is 7.29. The first-order valence-corrected chi connectivity index (χ1v) is 10.5. The molecule has 154 valence electrons. The Hall–Kier alpha value is -3.12. The molecule has 0 fully saturated rings. The number of rotatable bonds is 4. The minimum Gasteiger partial charge on any atom is -0.411 e. The number of oxime groups is 1. The van der Waals surface area contributed by atoms with Crippen molar-refractivity contribution in [3.63, 3.8) is 0 Å². The van der Waals surface area contributed by atoms with Crippen molar-refractivity contribution in [1.82, 2.24) is 14.1 Å². The first kappa shape index (κ1) is 18.9. The predicted octanol–water partition coefficient (Wildman–Crippen LogP) is 4.18. The number of hydrogen-bond donors (Lipinski definition) is 2. The van der Waals surface area contributed by atoms with Crippen LogP contribution in [0.5, 0.6) is 0 Å². The average Bonchev–Trinajstić information content (AvgIpc) is 3.22. The molecule has 30 heavy (non-hydrogen) atoms. The number of aryl methyl sites for hydroxylation is 3. The van der Waals surface area contributed by atoms with E-state index in [-0.39, 0.29) is 0 Å². The van der Waals surface area contributed by atoms with Gasteiger partial charge in [-0.2, -0.15) is 0 Å². The predicted molar refractivity (Wildman–Crippen MR) is 118 cm³/mol. The summed E-state index contributed by atoms with van der Waals surface area (Å²) in [6.45, 7) is 4.95. The highest BCUT2D eigenvalue weighted by Crippen LogP contribution is 2.33. The van der Waals surface area contributed by atoms with Crippen molar-refractivity contribution >= 4 is 27.6 Å². The number of aliphatic hydroxyl groups excluding tert-OH is 1. The topological polar surface area (TPSA) is 75.6 Å². The van der Waals surface area contributed by atoms with Crippen LogP contribution in [0.3, 0.4) is 0 Å². The van der Waals surface area contributed by atoms with Gasteiger partial charge >= 0.3 is 0 Å². The summed E-state index contributed by atoms with van der Waals surface area (Å²) >= 11 is 0. The van der Waals surface area contributed by atoms with Crippen molar-refractivity contribution in [2.75, 3.05) is 0 Å². The molecule has 2 aromatic heterocycles. The third-order valence-corrected chi connectivity index (χ3v) is 6.19. The number of aromatic nitrogens is 3. The highest BCUT2D eigenvalue weighted by atomic mass is 16.4. The summed E-state index contributed by atoms with van der Waals surface area (Å²) in [5.74, 6) is 0.892. The van der Waals surface area contributed by atoms with Crippen LogP contribution in [0.1, 0.15) is 35.5 Å². The molecule has 6 heteroatoms. The van der Waals surface area contributed by atoms with Gasteiger partial charge in [0.2, 0.25) is 0 Å². The Morgan fingerprint density at radius 2 is 1.83 bits per heavy atom. The molecule has 0 radical (unpaired) electrons. The molecule has 1 aliphatic rings. The third kappa shape index (κ3) is 2.99. The fraction of sp³-hybridized carbons (Fsp3) is 0.333. The summed E-state index contributed by atoms with van der Waals surface area (Å²) in [6.07, 6.45) is 2.08. The second-order valence-corrected chi connectivity index (χ2v) is 8.27. The molecular formula is C24H26N4O2. The summed E-state index contributed by atoms with van der Waals surface area (Å²) in [7, 11) is 0. The van der Waals surface area contributed by atoms with Gasteiger partial charge in [0.05, 0.1) is 35.9 Å². The number of fused-ring (bicyclic) bond motifs is 4. The van der Waals surface area contributed by atoms with E-state index in [1.165, 1.54) is 16.5 Å². The number of imidazole rings is 1. The van der Waals surface area contributed by atoms with Crippen LogP contribution in [0.15, 0.2) is 47.6 Å². The van der Waals surface area contributed by atoms with E-state index in [9.17, 15) is 10.3 Å². The normalized spacial score (nSPS) is 16.4. The fourth-order valence-electron chi connectivity index (χ4n) is 4.86. The minimum absolute atomic E-state index is 0.430. The molecule has 0 amide bonds. The fourth-order valence-corrected chi connectivity index (χ4v) is 4.86. The number of benzene rings is 2. The van der Waals surface area contributed by atoms with E-state index < -0.39 is 6.10 Å². The maximum Gasteiger partial charge on any atom is 0.106 e. The largest absolute Gasteiger partial charge is 0.411 e. The zero-order chi connectivity index (χ0) is 20.8. The molecule has 2 aromatic carbocycles. The van der Waals surface area contributed by atoms with Crippen molar-refractivity contribution in [2.24, 2.45) is 5.16 Å². The molecule has 2 heterocycles. The Morgan fingerprint density at radius 3 is 2.67 bits per heavy atom. The maximum atomic E-state index is 11.1. The van der Waals surface area contributed by atoms with Crippen LogP contribution < -0.4 is 0 Å². The number of hydrogen-bond acceptors (Lipinski definition) is 4. The van der Waals surface area contributed by atoms with E-state index in [4.69, 9.17) is 0 Å². The van der Waals surface area contributed by atoms with Gasteiger partial charge in [-0.3, -0.25) is 0 Å². The average molecular weight is 402 g/mol. The van der Waals surface area contributed by atoms with Gasteiger partial charge in [0.1, 0.15) is 11.5 Å². The van der Waals surface area contributed by atoms with Gasteiger partial charge in [-0.1, -0.05) is 28.9 Å². The number of nitrogens with zero attached hydrogens (tertiary/aromatic N) is 4. The molecule has 4 aromatic rings. The third-order valence-electron chi connectivity index (χ3n) is 6.19. The Balaban J connectivity index is 1.56. The molecule has 0 saturated heterocycles. The molecule has 2 N–H and O–H groups in total. The molecule has 1 atom stereocenters. The smallest absolute Gasteiger partial charge is 0.106 e. The van der Waals surface area contributed by atoms with E-state index in [1.807, 2.05) is 31.2 Å². The summed E-state index contributed by atoms with van der Waals surface area (Å²) < 4.78 is 4.21. The quantitative estimate of drug-likeness (QED) is 0.397. The lowest BCUT2D eigenvalue weighted by Crippen LogP contribution is -2.26. The Labute approximate surface area is 175 Å². The lowest BCUT2D eigenvalue weighted by atomic mass is 9.93. The molecule has 0 spiro atoms. The minimum atomic E-state index is -0.607. The molecule has 6 nitrogen and oxygen atoms in total. The van der Waals surface area contributed by atoms with Crippen molar-refractivity contribution < 1.29 is 10.3 Å². The van der Waals surface area contributed by atoms with Gasteiger partial charge in [-0.15, -0.1) is 0 Å². The summed E-state index contributed by atoms with van der Waals surface area (Å²) in [4.78, 5) is 4.61. The first-order valence-electron chi connectivity index (χ1n) is 10.5. The Bertz CT molecular complexity index is 1280. The SMILES string of the molecule is Cc1ccc2c(c1)c1c(n2CC(O)Cn2c(C)nc3ccccc32)C(=NO)CCC1. The van der Waals surface area contributed by atoms with Gasteiger partial charge in [0.25, 0.3) is 0 Å². The molecule has 1 aliphatic carbocycles. The lowest BCUT2D eigenvalue weighted by molar-refractivity contribution is 0.136. The van der Waals surface area contributed by atoms with E-state index in [0.29, 0.717) is 18.8 Å². The van der Waals surface area contributed by atoms with Gasteiger partial charge in [0, 0.05) is 10.9 Å². The summed E-state index contributed by atoms with van der Waals surface area (Å²) in [5.41, 5.74) is 7.16. The zero-order valence-electron chi connectivity index (χ0n) is 17.3. The van der Waals surface area contributed by atoms with E-state index in [0.717, 1.165) is 47.3 Å². The van der Waals surface area contributed by atoms with Crippen LogP contribution in [0.2, 0.25) is 0 Å². The summed E-state index contributed by atoms with van der Waals surface area (Å²) in [6, 6.07) is 14.4. The van der Waals surface area contributed by atoms with E-state index >= 15 is 0 Å². The van der Waals surface area contributed by atoms with Crippen molar-refractivity contribution in [2.45, 2.75) is 52.3 Å². The van der Waals surface area contributed by atoms with Crippen LogP contribution >= 0.6 is 0 Å². The molecule has 0 saturated carbocycles. The van der Waals surface area contributed by atoms with Gasteiger partial charge in [-0.25, -0.2) is 4.98 Å². The maximum absolute atomic E-state index is 11.1. The van der Waals surface area contributed by atoms with Crippen LogP contribution in [-0.4, -0.2) is 36.2 Å². The number of aliphatic hydroxyl groups is 1. The number of para-hydroxylation sites is 2. The molecule has 1 unspecified atom stereocenters. The summed E-state index contributed by atoms with van der Waals surface area (Å²) in [5, 5.41) is 25.5. The Kier molecular flexibility index (Phi) is 4.59. The molecule has 0 bridgehead atoms. The Morgan fingerprint density at radius 1 is 1.03 bits per heavy atom. The highest BCUT2D eigenvalue weighted by Gasteiger charge is 2.26. The molecule has 0 aliphatic heterocycles. The van der Waals surface area contributed by atoms with Crippen LogP contribution in [0, 0.1) is 13.8 Å². The molecule has 5 rings (SSSR count). The molecular weight excluding hydrogens is 376 g/mol. The van der Waals surface area contributed by atoms with Gasteiger partial charge < -0.3 is 19.4 Å². The van der Waals surface area contributed by atoms with Crippen LogP contribution in [-0.2, 0) is 19.5 Å². The second-order valence-electron chi connectivity index (χ2n) is 8.27. The van der Waals surface area contributed by atoms with Crippen molar-refractivity contribution in [1.29, 1.82) is 0 Å². The van der Waals surface area contributed by atoms with Crippen LogP contribution in [0.25, 0.3) is 21.9 Å². The van der Waals surface area contributed by atoms with E-state index in [1.54, 1.807) is 0 Å². The van der Waals surface area contributed by atoms with Crippen LogP contribution in [0.4, 0.5) is 0 Å². The van der Waals surface area contributed by atoms with Crippen molar-refractivity contribution in [3.8, 4) is 0 Å². The lowest BCUT2D eigenvalue weighted by Gasteiger charge is -2.20. The highest BCUT2D eigenvalue weighted by molar-refractivity contribution is 6.06. The monoisotopic (exact) mass is 402 g/mol. The van der Waals surface area contributed by atoms with Crippen molar-refractivity contribution in [3.05, 3.63) is 65.1 Å². The van der Waals surface area contributed by atoms with Gasteiger partial charge in [-0.05, 0) is 62.9 Å². The van der Waals surface area contributed by atoms with E-state index in [2.05, 4.69) is 44.4 Å². The zero-order valence-corrected chi connectivity index (χ0v) is 17.3. The standard InChI is InChI=1S/C24H26N4O2/c1-15-10-11-22-19(12-15)18-6-5-8-21(26-30)24(18)28(22)14-17(29)13-27-16(2)25-20-7-3-4-9-23(20)27/h3-4,7,9-12,17,29-30H,5-6,8,13-14H2,1-2H3. The van der Waals surface area contributed by atoms with Gasteiger partial charge in [0.15, 0.2) is 0 Å².